The van der Waals surface area contributed by atoms with Crippen LogP contribution in [0.4, 0.5) is 9.39 Å². The van der Waals surface area contributed by atoms with E-state index in [0.29, 0.717) is 33.1 Å². The highest BCUT2D eigenvalue weighted by atomic mass is 32.1. The molecule has 1 aromatic carbocycles. The molecule has 3 aromatic rings. The number of halogens is 1. The molecular formula is C27H36FN5O7S. The molecule has 5 N–H and O–H groups in total. The Kier molecular flexibility index (Phi) is 11.1. The molecule has 0 saturated carbocycles. The first-order chi connectivity index (χ1) is 19.1. The number of carboxylic acid groups (broad SMARTS) is 1. The second-order valence-corrected chi connectivity index (χ2v) is 11.2. The second-order valence-electron chi connectivity index (χ2n) is 10.2. The van der Waals surface area contributed by atoms with E-state index < -0.39 is 34.2 Å². The summed E-state index contributed by atoms with van der Waals surface area (Å²) >= 11 is 1.10. The third-order valence-electron chi connectivity index (χ3n) is 6.18. The Balaban J connectivity index is 0.000000745. The van der Waals surface area contributed by atoms with Gasteiger partial charge in [0.05, 0.1) is 24.3 Å². The average molecular weight is 594 g/mol. The van der Waals surface area contributed by atoms with Gasteiger partial charge in [0, 0.05) is 24.9 Å². The van der Waals surface area contributed by atoms with Gasteiger partial charge >= 0.3 is 11.7 Å². The lowest BCUT2D eigenvalue weighted by Crippen LogP contribution is -2.52. The fourth-order valence-corrected chi connectivity index (χ4v) is 4.99. The minimum atomic E-state index is -1.82. The van der Waals surface area contributed by atoms with Gasteiger partial charge in [0.1, 0.15) is 26.9 Å². The van der Waals surface area contributed by atoms with E-state index in [1.807, 2.05) is 0 Å². The first-order valence-corrected chi connectivity index (χ1v) is 13.4. The third kappa shape index (κ3) is 7.86. The number of carbonyl (C=O) groups is 1. The number of aliphatic hydroxyl groups is 2. The summed E-state index contributed by atoms with van der Waals surface area (Å²) in [4.78, 5) is 39.1. The Morgan fingerprint density at radius 1 is 1.27 bits per heavy atom. The van der Waals surface area contributed by atoms with E-state index in [0.717, 1.165) is 22.1 Å². The van der Waals surface area contributed by atoms with E-state index in [1.54, 1.807) is 20.8 Å². The summed E-state index contributed by atoms with van der Waals surface area (Å²) in [6.45, 7) is 7.65. The molecule has 0 radical (unpaired) electrons. The van der Waals surface area contributed by atoms with E-state index >= 15 is 0 Å². The standard InChI is InChI=1S/C22H24FN5O5S.C5H12O2/c1-12-16-18(29)28(22(2,3)20(30)31)21(32)27(19(16)34-17(12)26-25-9-8-24)10-7-13-11-14(23)5-6-15(13)33-4;1-5(2,7)3-4-6/h5-6,8-9,11,24,26H,7,10H2,1-4H3,(H,30,31);6-7H,3-4H2,1-2H3/b24-8?,25-9-;. The van der Waals surface area contributed by atoms with Crippen LogP contribution in [0, 0.1) is 18.2 Å². The van der Waals surface area contributed by atoms with Gasteiger partial charge < -0.3 is 25.5 Å². The summed E-state index contributed by atoms with van der Waals surface area (Å²) in [5.74, 6) is -1.37. The zero-order valence-corrected chi connectivity index (χ0v) is 24.6. The Labute approximate surface area is 239 Å². The van der Waals surface area contributed by atoms with Gasteiger partial charge in [-0.25, -0.2) is 18.5 Å². The molecule has 0 spiro atoms. The molecule has 0 unspecified atom stereocenters. The fourth-order valence-electron chi connectivity index (χ4n) is 3.82. The van der Waals surface area contributed by atoms with Crippen molar-refractivity contribution in [1.82, 2.24) is 9.13 Å². The molecule has 0 bridgehead atoms. The molecule has 41 heavy (non-hydrogen) atoms. The van der Waals surface area contributed by atoms with Gasteiger partial charge in [-0.05, 0) is 71.2 Å². The zero-order valence-electron chi connectivity index (χ0n) is 23.8. The highest BCUT2D eigenvalue weighted by Gasteiger charge is 2.35. The van der Waals surface area contributed by atoms with E-state index in [9.17, 15) is 23.9 Å². The zero-order chi connectivity index (χ0) is 31.1. The van der Waals surface area contributed by atoms with Crippen LogP contribution in [-0.2, 0) is 23.3 Å². The van der Waals surface area contributed by atoms with Gasteiger partial charge in [-0.15, -0.1) is 0 Å². The van der Waals surface area contributed by atoms with Gasteiger partial charge in [0.25, 0.3) is 5.56 Å². The van der Waals surface area contributed by atoms with Crippen molar-refractivity contribution in [2.45, 2.75) is 65.1 Å². The maximum atomic E-state index is 13.8. The lowest BCUT2D eigenvalue weighted by atomic mass is 10.1. The topological polar surface area (TPSA) is 179 Å². The number of rotatable bonds is 11. The minimum absolute atomic E-state index is 0.0360. The molecule has 0 aliphatic carbocycles. The quantitative estimate of drug-likeness (QED) is 0.166. The molecule has 2 heterocycles. The maximum Gasteiger partial charge on any atom is 0.333 e. The Morgan fingerprint density at radius 3 is 2.44 bits per heavy atom. The summed E-state index contributed by atoms with van der Waals surface area (Å²) in [5.41, 5.74) is -0.301. The van der Waals surface area contributed by atoms with E-state index in [-0.39, 0.29) is 25.0 Å². The minimum Gasteiger partial charge on any atom is -0.496 e. The summed E-state index contributed by atoms with van der Waals surface area (Å²) in [6, 6.07) is 4.05. The van der Waals surface area contributed by atoms with Crippen LogP contribution in [0.15, 0.2) is 32.9 Å². The van der Waals surface area contributed by atoms with Crippen molar-refractivity contribution in [3.8, 4) is 5.75 Å². The monoisotopic (exact) mass is 593 g/mol. The van der Waals surface area contributed by atoms with Crippen LogP contribution >= 0.6 is 11.3 Å². The van der Waals surface area contributed by atoms with E-state index in [1.165, 1.54) is 49.9 Å². The molecule has 224 valence electrons. The number of carboxylic acids is 1. The predicted octanol–water partition coefficient (Wildman–Crippen LogP) is 2.93. The number of methoxy groups -OCH3 is 1. The maximum absolute atomic E-state index is 13.8. The number of hydrogen-bond donors (Lipinski definition) is 5. The second kappa shape index (κ2) is 13.7. The van der Waals surface area contributed by atoms with Crippen molar-refractivity contribution < 1.29 is 29.2 Å². The number of thiophene rings is 1. The van der Waals surface area contributed by atoms with Crippen LogP contribution < -0.4 is 21.4 Å². The molecule has 2 aromatic heterocycles. The number of aliphatic carboxylic acids is 1. The van der Waals surface area contributed by atoms with Gasteiger partial charge in [-0.1, -0.05) is 11.3 Å². The number of nitrogens with one attached hydrogen (secondary N) is 2. The molecule has 0 aliphatic heterocycles. The Bertz CT molecular complexity index is 1550. The van der Waals surface area contributed by atoms with Crippen molar-refractivity contribution in [3.63, 3.8) is 0 Å². The van der Waals surface area contributed by atoms with Crippen LogP contribution in [0.25, 0.3) is 10.2 Å². The molecule has 0 aliphatic rings. The number of benzene rings is 1. The smallest absolute Gasteiger partial charge is 0.333 e. The van der Waals surface area contributed by atoms with Gasteiger partial charge in [-0.2, -0.15) is 5.10 Å². The van der Waals surface area contributed by atoms with Crippen LogP contribution in [0.5, 0.6) is 5.75 Å². The number of nitrogens with zero attached hydrogens (tertiary/aromatic N) is 3. The summed E-state index contributed by atoms with van der Waals surface area (Å²) < 4.78 is 21.2. The number of anilines is 1. The van der Waals surface area contributed by atoms with Gasteiger partial charge in [0.15, 0.2) is 0 Å². The van der Waals surface area contributed by atoms with Crippen LogP contribution in [-0.4, -0.2) is 62.2 Å². The van der Waals surface area contributed by atoms with Crippen molar-refractivity contribution >= 4 is 45.0 Å². The Hall–Kier alpha value is -3.88. The highest BCUT2D eigenvalue weighted by Crippen LogP contribution is 2.33. The molecule has 0 fully saturated rings. The van der Waals surface area contributed by atoms with Gasteiger partial charge in [0.2, 0.25) is 0 Å². The summed E-state index contributed by atoms with van der Waals surface area (Å²) in [5, 5.41) is 38.4. The number of aromatic nitrogens is 2. The SMILES string of the molecule is CC(C)(O)CCO.COc1ccc(F)cc1CCn1c(=O)n(C(C)(C)C(=O)O)c(=O)c2c(C)c(N/N=C\C=N)sc21. The normalized spacial score (nSPS) is 11.8. The molecule has 0 amide bonds. The molecule has 12 nitrogen and oxygen atoms in total. The largest absolute Gasteiger partial charge is 0.496 e. The number of hydrazone groups is 1. The first-order valence-electron chi connectivity index (χ1n) is 12.6. The first kappa shape index (κ1) is 33.3. The lowest BCUT2D eigenvalue weighted by Gasteiger charge is -2.23. The molecule has 14 heteroatoms. The Morgan fingerprint density at radius 2 is 1.93 bits per heavy atom. The van der Waals surface area contributed by atoms with Crippen molar-refractivity contribution in [2.24, 2.45) is 5.10 Å². The lowest BCUT2D eigenvalue weighted by molar-refractivity contribution is -0.146. The molecule has 0 atom stereocenters. The molecule has 3 rings (SSSR count). The summed E-state index contributed by atoms with van der Waals surface area (Å²) in [7, 11) is 1.45. The highest BCUT2D eigenvalue weighted by molar-refractivity contribution is 7.22. The van der Waals surface area contributed by atoms with Gasteiger partial charge in [-0.3, -0.25) is 14.8 Å². The predicted molar refractivity (Wildman–Crippen MR) is 158 cm³/mol. The van der Waals surface area contributed by atoms with Crippen LogP contribution in [0.1, 0.15) is 45.2 Å². The van der Waals surface area contributed by atoms with Crippen molar-refractivity contribution in [3.05, 3.63) is 56.0 Å². The number of fused-ring (bicyclic) bond motifs is 1. The number of aryl methyl sites for hydroxylation is 3. The van der Waals surface area contributed by atoms with E-state index in [4.69, 9.17) is 20.4 Å². The third-order valence-corrected chi connectivity index (χ3v) is 7.40. The van der Waals surface area contributed by atoms with Crippen LogP contribution in [0.3, 0.4) is 0 Å². The fraction of sp³-hybridized carbons (Fsp3) is 0.444. The number of hydrogen-bond acceptors (Lipinski definition) is 10. The number of aliphatic hydroxyl groups excluding tert-OH is 1. The van der Waals surface area contributed by atoms with Crippen molar-refractivity contribution in [2.75, 3.05) is 19.1 Å². The molecular weight excluding hydrogens is 557 g/mol. The van der Waals surface area contributed by atoms with Crippen LogP contribution in [0.2, 0.25) is 0 Å². The molecule has 0 saturated heterocycles. The number of ether oxygens (including phenoxy) is 1. The van der Waals surface area contributed by atoms with Crippen molar-refractivity contribution in [1.29, 1.82) is 5.41 Å². The van der Waals surface area contributed by atoms with E-state index in [2.05, 4.69) is 10.5 Å². The average Bonchev–Trinajstić information content (AvgIpc) is 3.19. The summed E-state index contributed by atoms with van der Waals surface area (Å²) in [6.07, 6.45) is 2.82.